The van der Waals surface area contributed by atoms with Crippen molar-refractivity contribution in [3.63, 3.8) is 0 Å². The van der Waals surface area contributed by atoms with Gasteiger partial charge in [0.1, 0.15) is 0 Å². The lowest BCUT2D eigenvalue weighted by Crippen LogP contribution is -2.15. The van der Waals surface area contributed by atoms with Crippen molar-refractivity contribution in [1.82, 2.24) is 0 Å². The molecule has 5 heteroatoms. The quantitative estimate of drug-likeness (QED) is 0.848. The molecule has 1 N–H and O–H groups in total. The number of anilines is 1. The predicted molar refractivity (Wildman–Crippen MR) is 59.0 cm³/mol. The Bertz CT molecular complexity index is 501. The molecule has 0 spiro atoms. The molecule has 0 bridgehead atoms. The molecule has 0 amide bonds. The maximum atomic E-state index is 11.3. The minimum absolute atomic E-state index is 0.0171. The van der Waals surface area contributed by atoms with Gasteiger partial charge < -0.3 is 0 Å². The monoisotopic (exact) mass is 224 g/mol. The predicted octanol–water partition coefficient (Wildman–Crippen LogP) is 1.63. The summed E-state index contributed by atoms with van der Waals surface area (Å²) in [5.74, 6) is 0.0171. The molecule has 0 atom stereocenters. The van der Waals surface area contributed by atoms with Crippen LogP contribution in [-0.2, 0) is 10.0 Å². The van der Waals surface area contributed by atoms with Crippen molar-refractivity contribution in [2.45, 2.75) is 13.8 Å². The lowest BCUT2D eigenvalue weighted by molar-refractivity contribution is 0.602. The first-order valence-electron chi connectivity index (χ1n) is 4.49. The van der Waals surface area contributed by atoms with Crippen LogP contribution >= 0.6 is 0 Å². The van der Waals surface area contributed by atoms with Crippen LogP contribution in [0.3, 0.4) is 0 Å². The summed E-state index contributed by atoms with van der Waals surface area (Å²) in [4.78, 5) is 0. The van der Waals surface area contributed by atoms with Gasteiger partial charge in [0, 0.05) is 0 Å². The fraction of sp³-hybridized carbons (Fsp3) is 0.300. The maximum Gasteiger partial charge on any atom is 0.232 e. The van der Waals surface area contributed by atoms with E-state index in [2.05, 4.69) is 4.72 Å². The molecule has 80 valence electrons. The van der Waals surface area contributed by atoms with E-state index >= 15 is 0 Å². The van der Waals surface area contributed by atoms with Crippen molar-refractivity contribution < 1.29 is 8.42 Å². The van der Waals surface area contributed by atoms with E-state index < -0.39 is 10.0 Å². The van der Waals surface area contributed by atoms with E-state index in [1.165, 1.54) is 6.07 Å². The van der Waals surface area contributed by atoms with Crippen LogP contribution in [0.2, 0.25) is 0 Å². The second-order valence-electron chi connectivity index (χ2n) is 3.15. The van der Waals surface area contributed by atoms with Gasteiger partial charge in [0.15, 0.2) is 0 Å². The van der Waals surface area contributed by atoms with Gasteiger partial charge in [-0.3, -0.25) is 4.72 Å². The van der Waals surface area contributed by atoms with E-state index in [9.17, 15) is 8.42 Å². The van der Waals surface area contributed by atoms with Gasteiger partial charge in [0.2, 0.25) is 10.0 Å². The van der Waals surface area contributed by atoms with Crippen LogP contribution in [0.5, 0.6) is 0 Å². The zero-order valence-electron chi connectivity index (χ0n) is 8.61. The van der Waals surface area contributed by atoms with E-state index in [1.54, 1.807) is 26.0 Å². The number of hydrogen-bond acceptors (Lipinski definition) is 3. The maximum absolute atomic E-state index is 11.3. The summed E-state index contributed by atoms with van der Waals surface area (Å²) in [5.41, 5.74) is 1.70. The number of nitrogens with one attached hydrogen (secondary N) is 1. The molecule has 0 fully saturated rings. The Labute approximate surface area is 89.6 Å². The molecule has 0 aliphatic carbocycles. The van der Waals surface area contributed by atoms with Gasteiger partial charge >= 0.3 is 0 Å². The molecule has 0 saturated carbocycles. The minimum atomic E-state index is -3.28. The van der Waals surface area contributed by atoms with Gasteiger partial charge in [-0.2, -0.15) is 5.26 Å². The molecule has 0 saturated heterocycles. The third-order valence-corrected chi connectivity index (χ3v) is 3.30. The van der Waals surface area contributed by atoms with E-state index in [-0.39, 0.29) is 5.75 Å². The van der Waals surface area contributed by atoms with Gasteiger partial charge in [-0.05, 0) is 31.5 Å². The van der Waals surface area contributed by atoms with Crippen LogP contribution in [0.1, 0.15) is 18.1 Å². The number of nitriles is 1. The highest BCUT2D eigenvalue weighted by Gasteiger charge is 2.08. The molecule has 4 nitrogen and oxygen atoms in total. The molecule has 0 radical (unpaired) electrons. The summed E-state index contributed by atoms with van der Waals surface area (Å²) in [7, 11) is -3.28. The Balaban J connectivity index is 3.10. The number of nitrogens with zero attached hydrogens (tertiary/aromatic N) is 1. The topological polar surface area (TPSA) is 70.0 Å². The summed E-state index contributed by atoms with van der Waals surface area (Å²) in [6, 6.07) is 6.86. The van der Waals surface area contributed by atoms with E-state index in [0.29, 0.717) is 11.3 Å². The molecular weight excluding hydrogens is 212 g/mol. The summed E-state index contributed by atoms with van der Waals surface area (Å²) >= 11 is 0. The Morgan fingerprint density at radius 2 is 2.13 bits per heavy atom. The normalized spacial score (nSPS) is 10.7. The molecular formula is C10H12N2O2S. The average Bonchev–Trinajstić information content (AvgIpc) is 2.21. The van der Waals surface area contributed by atoms with Gasteiger partial charge in [0.25, 0.3) is 0 Å². The molecule has 0 aromatic heterocycles. The summed E-state index contributed by atoms with van der Waals surface area (Å²) in [5, 5.41) is 8.68. The minimum Gasteiger partial charge on any atom is -0.283 e. The molecule has 1 aromatic rings. The van der Waals surface area contributed by atoms with Gasteiger partial charge in [-0.15, -0.1) is 0 Å². The Kier molecular flexibility index (Phi) is 3.32. The largest absolute Gasteiger partial charge is 0.283 e. The molecule has 1 aromatic carbocycles. The second kappa shape index (κ2) is 4.32. The number of hydrogen-bond donors (Lipinski definition) is 1. The highest BCUT2D eigenvalue weighted by molar-refractivity contribution is 7.92. The molecule has 1 rings (SSSR count). The van der Waals surface area contributed by atoms with Crippen LogP contribution < -0.4 is 4.72 Å². The van der Waals surface area contributed by atoms with Crippen LogP contribution in [-0.4, -0.2) is 14.2 Å². The standard InChI is InChI=1S/C10H12N2O2S/c1-3-15(13,14)12-10-6-9(7-11)5-4-8(10)2/h4-6,12H,3H2,1-2H3. The van der Waals surface area contributed by atoms with E-state index in [1.807, 2.05) is 6.07 Å². The summed E-state index contributed by atoms with van der Waals surface area (Å²) in [6.07, 6.45) is 0. The van der Waals surface area contributed by atoms with Gasteiger partial charge in [-0.1, -0.05) is 6.07 Å². The molecule has 0 unspecified atom stereocenters. The van der Waals surface area contributed by atoms with Crippen molar-refractivity contribution in [3.8, 4) is 6.07 Å². The molecule has 0 heterocycles. The smallest absolute Gasteiger partial charge is 0.232 e. The first-order chi connectivity index (χ1) is 6.98. The van der Waals surface area contributed by atoms with Crippen molar-refractivity contribution in [1.29, 1.82) is 5.26 Å². The lowest BCUT2D eigenvalue weighted by Gasteiger charge is -2.08. The van der Waals surface area contributed by atoms with Crippen LogP contribution in [0.4, 0.5) is 5.69 Å². The third-order valence-electron chi connectivity index (χ3n) is 2.01. The van der Waals surface area contributed by atoms with Gasteiger partial charge in [0.05, 0.1) is 23.1 Å². The first kappa shape index (κ1) is 11.5. The zero-order chi connectivity index (χ0) is 11.5. The lowest BCUT2D eigenvalue weighted by atomic mass is 10.1. The van der Waals surface area contributed by atoms with Crippen molar-refractivity contribution >= 4 is 15.7 Å². The highest BCUT2D eigenvalue weighted by atomic mass is 32.2. The molecule has 15 heavy (non-hydrogen) atoms. The van der Waals surface area contributed by atoms with Crippen LogP contribution in [0.25, 0.3) is 0 Å². The Morgan fingerprint density at radius 1 is 1.47 bits per heavy atom. The fourth-order valence-electron chi connectivity index (χ4n) is 1.04. The number of sulfonamides is 1. The van der Waals surface area contributed by atoms with Crippen LogP contribution in [0, 0.1) is 18.3 Å². The fourth-order valence-corrected chi connectivity index (χ4v) is 1.74. The van der Waals surface area contributed by atoms with E-state index in [4.69, 9.17) is 5.26 Å². The van der Waals surface area contributed by atoms with Gasteiger partial charge in [-0.25, -0.2) is 8.42 Å². The average molecular weight is 224 g/mol. The summed E-state index contributed by atoms with van der Waals surface area (Å²) in [6.45, 7) is 3.35. The Hall–Kier alpha value is -1.54. The molecule has 0 aliphatic heterocycles. The SMILES string of the molecule is CCS(=O)(=O)Nc1cc(C#N)ccc1C. The van der Waals surface area contributed by atoms with Crippen LogP contribution in [0.15, 0.2) is 18.2 Å². The van der Waals surface area contributed by atoms with Crippen molar-refractivity contribution in [3.05, 3.63) is 29.3 Å². The number of aryl methyl sites for hydroxylation is 1. The third kappa shape index (κ3) is 2.96. The molecule has 0 aliphatic rings. The Morgan fingerprint density at radius 3 is 2.67 bits per heavy atom. The number of rotatable bonds is 3. The first-order valence-corrected chi connectivity index (χ1v) is 6.15. The zero-order valence-corrected chi connectivity index (χ0v) is 9.43. The van der Waals surface area contributed by atoms with E-state index in [0.717, 1.165) is 5.56 Å². The van der Waals surface area contributed by atoms with Crippen molar-refractivity contribution in [2.24, 2.45) is 0 Å². The second-order valence-corrected chi connectivity index (χ2v) is 5.16. The highest BCUT2D eigenvalue weighted by Crippen LogP contribution is 2.17. The van der Waals surface area contributed by atoms with Crippen molar-refractivity contribution in [2.75, 3.05) is 10.5 Å². The number of benzene rings is 1. The summed E-state index contributed by atoms with van der Waals surface area (Å²) < 4.78 is 25.1.